The predicted octanol–water partition coefficient (Wildman–Crippen LogP) is 3.11. The fraction of sp³-hybridized carbons (Fsp3) is 0.444. The Balaban J connectivity index is 1.53. The lowest BCUT2D eigenvalue weighted by atomic mass is 9.84. The number of fused-ring (bicyclic) bond motifs is 1. The van der Waals surface area contributed by atoms with Gasteiger partial charge in [-0.3, -0.25) is 0 Å². The standard InChI is InChI=1S/C18H20ClN3O/c19-14-6-4-13(5-7-14)18(23)8-10-22(11-9-18)17-15-2-1-3-16(15)20-12-21-17/h4-7,12,23H,1-3,8-11H2. The summed E-state index contributed by atoms with van der Waals surface area (Å²) in [5, 5.41) is 11.7. The van der Waals surface area contributed by atoms with E-state index in [0.717, 1.165) is 37.3 Å². The fourth-order valence-corrected chi connectivity index (χ4v) is 3.88. The van der Waals surface area contributed by atoms with Crippen LogP contribution in [0.25, 0.3) is 0 Å². The summed E-state index contributed by atoms with van der Waals surface area (Å²) in [6.07, 6.45) is 6.39. The number of halogens is 1. The maximum Gasteiger partial charge on any atom is 0.135 e. The minimum Gasteiger partial charge on any atom is -0.385 e. The molecule has 5 heteroatoms. The van der Waals surface area contributed by atoms with E-state index in [4.69, 9.17) is 11.6 Å². The van der Waals surface area contributed by atoms with Crippen molar-refractivity contribution in [1.82, 2.24) is 9.97 Å². The fourth-order valence-electron chi connectivity index (χ4n) is 3.75. The Bertz CT molecular complexity index is 709. The van der Waals surface area contributed by atoms with Gasteiger partial charge in [0, 0.05) is 29.4 Å². The van der Waals surface area contributed by atoms with Crippen molar-refractivity contribution in [3.8, 4) is 0 Å². The SMILES string of the molecule is OC1(c2ccc(Cl)cc2)CCN(c2ncnc3c2CCC3)CC1. The summed E-state index contributed by atoms with van der Waals surface area (Å²) in [5.74, 6) is 1.07. The van der Waals surface area contributed by atoms with Crippen LogP contribution in [0.4, 0.5) is 5.82 Å². The van der Waals surface area contributed by atoms with Gasteiger partial charge >= 0.3 is 0 Å². The van der Waals surface area contributed by atoms with Crippen LogP contribution >= 0.6 is 11.6 Å². The zero-order valence-corrected chi connectivity index (χ0v) is 13.8. The van der Waals surface area contributed by atoms with Gasteiger partial charge in [-0.2, -0.15) is 0 Å². The van der Waals surface area contributed by atoms with Crippen molar-refractivity contribution in [3.63, 3.8) is 0 Å². The van der Waals surface area contributed by atoms with Crippen LogP contribution in [0.15, 0.2) is 30.6 Å². The van der Waals surface area contributed by atoms with Gasteiger partial charge in [0.2, 0.25) is 0 Å². The van der Waals surface area contributed by atoms with Crippen molar-refractivity contribution in [3.05, 3.63) is 52.4 Å². The Morgan fingerprint density at radius 1 is 1.04 bits per heavy atom. The van der Waals surface area contributed by atoms with E-state index >= 15 is 0 Å². The summed E-state index contributed by atoms with van der Waals surface area (Å²) in [6, 6.07) is 7.55. The Morgan fingerprint density at radius 2 is 1.78 bits per heavy atom. The number of aryl methyl sites for hydroxylation is 1. The van der Waals surface area contributed by atoms with Gasteiger partial charge in [0.05, 0.1) is 5.60 Å². The summed E-state index contributed by atoms with van der Waals surface area (Å²) >= 11 is 5.95. The van der Waals surface area contributed by atoms with Gasteiger partial charge in [-0.05, 0) is 49.8 Å². The topological polar surface area (TPSA) is 49.2 Å². The molecule has 2 heterocycles. The molecule has 1 N–H and O–H groups in total. The van der Waals surface area contributed by atoms with E-state index in [-0.39, 0.29) is 0 Å². The third-order valence-corrected chi connectivity index (χ3v) is 5.38. The second kappa shape index (κ2) is 5.77. The highest BCUT2D eigenvalue weighted by molar-refractivity contribution is 6.30. The number of hydrogen-bond acceptors (Lipinski definition) is 4. The van der Waals surface area contributed by atoms with Crippen molar-refractivity contribution in [2.45, 2.75) is 37.7 Å². The molecule has 1 saturated heterocycles. The Labute approximate surface area is 141 Å². The highest BCUT2D eigenvalue weighted by Crippen LogP contribution is 2.36. The molecule has 120 valence electrons. The molecule has 0 saturated carbocycles. The molecule has 0 atom stereocenters. The monoisotopic (exact) mass is 329 g/mol. The van der Waals surface area contributed by atoms with Crippen molar-refractivity contribution in [1.29, 1.82) is 0 Å². The normalized spacial score (nSPS) is 19.7. The third kappa shape index (κ3) is 2.70. The first-order valence-corrected chi connectivity index (χ1v) is 8.60. The van der Waals surface area contributed by atoms with Crippen LogP contribution in [0.1, 0.15) is 36.1 Å². The molecule has 0 bridgehead atoms. The summed E-state index contributed by atoms with van der Waals surface area (Å²) in [4.78, 5) is 11.2. The number of rotatable bonds is 2. The van der Waals surface area contributed by atoms with Crippen LogP contribution in [0.3, 0.4) is 0 Å². The van der Waals surface area contributed by atoms with Crippen molar-refractivity contribution in [2.75, 3.05) is 18.0 Å². The number of benzene rings is 1. The third-order valence-electron chi connectivity index (χ3n) is 5.12. The lowest BCUT2D eigenvalue weighted by Gasteiger charge is -2.39. The predicted molar refractivity (Wildman–Crippen MR) is 90.9 cm³/mol. The van der Waals surface area contributed by atoms with Gasteiger partial charge in [0.15, 0.2) is 0 Å². The highest BCUT2D eigenvalue weighted by atomic mass is 35.5. The van der Waals surface area contributed by atoms with E-state index in [0.29, 0.717) is 17.9 Å². The molecular formula is C18H20ClN3O. The molecule has 1 aromatic heterocycles. The average Bonchev–Trinajstić information content (AvgIpc) is 3.05. The van der Waals surface area contributed by atoms with Gasteiger partial charge in [-0.15, -0.1) is 0 Å². The smallest absolute Gasteiger partial charge is 0.135 e. The largest absolute Gasteiger partial charge is 0.385 e. The second-order valence-electron chi connectivity index (χ2n) is 6.50. The molecule has 4 rings (SSSR count). The van der Waals surface area contributed by atoms with E-state index in [9.17, 15) is 5.11 Å². The molecular weight excluding hydrogens is 310 g/mol. The Morgan fingerprint density at radius 3 is 2.52 bits per heavy atom. The average molecular weight is 330 g/mol. The summed E-state index contributed by atoms with van der Waals surface area (Å²) in [5.41, 5.74) is 2.70. The molecule has 1 fully saturated rings. The summed E-state index contributed by atoms with van der Waals surface area (Å²) in [6.45, 7) is 1.62. The first kappa shape index (κ1) is 14.9. The number of aromatic nitrogens is 2. The first-order chi connectivity index (χ1) is 11.2. The van der Waals surface area contributed by atoms with Crippen LogP contribution in [0, 0.1) is 0 Å². The maximum atomic E-state index is 11.0. The Kier molecular flexibility index (Phi) is 3.74. The molecule has 1 aliphatic carbocycles. The lowest BCUT2D eigenvalue weighted by Crippen LogP contribution is -2.43. The quantitative estimate of drug-likeness (QED) is 0.919. The van der Waals surface area contributed by atoms with Crippen LogP contribution < -0.4 is 4.90 Å². The summed E-state index contributed by atoms with van der Waals surface area (Å²) in [7, 11) is 0. The van der Waals surface area contributed by atoms with Crippen LogP contribution in [-0.2, 0) is 18.4 Å². The number of piperidine rings is 1. The number of hydrogen-bond donors (Lipinski definition) is 1. The summed E-state index contributed by atoms with van der Waals surface area (Å²) < 4.78 is 0. The zero-order valence-electron chi connectivity index (χ0n) is 13.0. The molecule has 23 heavy (non-hydrogen) atoms. The molecule has 0 radical (unpaired) electrons. The number of nitrogens with zero attached hydrogens (tertiary/aromatic N) is 3. The first-order valence-electron chi connectivity index (χ1n) is 8.22. The minimum absolute atomic E-state index is 0.700. The van der Waals surface area contributed by atoms with Gasteiger partial charge in [-0.1, -0.05) is 23.7 Å². The van der Waals surface area contributed by atoms with Crippen LogP contribution in [-0.4, -0.2) is 28.2 Å². The highest BCUT2D eigenvalue weighted by Gasteiger charge is 2.35. The van der Waals surface area contributed by atoms with Crippen molar-refractivity contribution in [2.24, 2.45) is 0 Å². The molecule has 4 nitrogen and oxygen atoms in total. The minimum atomic E-state index is -0.767. The van der Waals surface area contributed by atoms with E-state index in [1.807, 2.05) is 24.3 Å². The van der Waals surface area contributed by atoms with E-state index in [1.165, 1.54) is 17.7 Å². The van der Waals surface area contributed by atoms with Crippen molar-refractivity contribution < 1.29 is 5.11 Å². The van der Waals surface area contributed by atoms with Gasteiger partial charge in [0.25, 0.3) is 0 Å². The second-order valence-corrected chi connectivity index (χ2v) is 6.94. The lowest BCUT2D eigenvalue weighted by molar-refractivity contribution is 0.0116. The van der Waals surface area contributed by atoms with E-state index < -0.39 is 5.60 Å². The molecule has 2 aliphatic rings. The molecule has 1 aromatic carbocycles. The van der Waals surface area contributed by atoms with E-state index in [1.54, 1.807) is 6.33 Å². The maximum absolute atomic E-state index is 11.0. The van der Waals surface area contributed by atoms with Gasteiger partial charge in [0.1, 0.15) is 12.1 Å². The van der Waals surface area contributed by atoms with Crippen LogP contribution in [0.2, 0.25) is 5.02 Å². The molecule has 0 spiro atoms. The van der Waals surface area contributed by atoms with Crippen LogP contribution in [0.5, 0.6) is 0 Å². The van der Waals surface area contributed by atoms with Gasteiger partial charge in [-0.25, -0.2) is 9.97 Å². The van der Waals surface area contributed by atoms with Crippen molar-refractivity contribution >= 4 is 17.4 Å². The molecule has 2 aromatic rings. The van der Waals surface area contributed by atoms with Gasteiger partial charge < -0.3 is 10.0 Å². The number of anilines is 1. The zero-order chi connectivity index (χ0) is 15.9. The van der Waals surface area contributed by atoms with E-state index in [2.05, 4.69) is 14.9 Å². The molecule has 0 unspecified atom stereocenters. The molecule has 0 amide bonds. The number of aliphatic hydroxyl groups is 1. The Hall–Kier alpha value is -1.65. The molecule has 1 aliphatic heterocycles.